The molecule has 0 aromatic heterocycles. The molecule has 2 fully saturated rings. The van der Waals surface area contributed by atoms with E-state index in [1.807, 2.05) is 53.4 Å². The molecule has 1 heterocycles. The molecular formula is C21H21Cl2NO2. The number of rotatable bonds is 4. The highest BCUT2D eigenvalue weighted by molar-refractivity contribution is 6.30. The van der Waals surface area contributed by atoms with E-state index in [1.165, 1.54) is 19.3 Å². The summed E-state index contributed by atoms with van der Waals surface area (Å²) in [6, 6.07) is 15.2. The van der Waals surface area contributed by atoms with Gasteiger partial charge in [-0.3, -0.25) is 4.79 Å². The maximum Gasteiger partial charge on any atom is 0.249 e. The predicted octanol–water partition coefficient (Wildman–Crippen LogP) is 5.43. The summed E-state index contributed by atoms with van der Waals surface area (Å²) < 4.78 is 6.01. The Morgan fingerprint density at radius 1 is 1.00 bits per heavy atom. The number of amides is 1. The van der Waals surface area contributed by atoms with E-state index in [1.54, 1.807) is 0 Å². The van der Waals surface area contributed by atoms with E-state index in [4.69, 9.17) is 27.9 Å². The zero-order valence-corrected chi connectivity index (χ0v) is 15.9. The van der Waals surface area contributed by atoms with Crippen LogP contribution in [0.4, 0.5) is 0 Å². The molecule has 5 heteroatoms. The van der Waals surface area contributed by atoms with Crippen molar-refractivity contribution in [1.82, 2.24) is 4.90 Å². The molecule has 2 aromatic carbocycles. The lowest BCUT2D eigenvalue weighted by atomic mass is 9.83. The first kappa shape index (κ1) is 17.8. The summed E-state index contributed by atoms with van der Waals surface area (Å²) in [6.07, 6.45) is 3.40. The van der Waals surface area contributed by atoms with Crippen molar-refractivity contribution in [2.24, 2.45) is 5.92 Å². The summed E-state index contributed by atoms with van der Waals surface area (Å²) >= 11 is 12.3. The second kappa shape index (κ2) is 7.59. The summed E-state index contributed by atoms with van der Waals surface area (Å²) in [4.78, 5) is 14.7. The summed E-state index contributed by atoms with van der Waals surface area (Å²) in [5, 5.41) is 1.35. The van der Waals surface area contributed by atoms with Crippen LogP contribution in [-0.4, -0.2) is 24.0 Å². The molecule has 2 aliphatic rings. The molecule has 0 spiro atoms. The second-order valence-electron chi connectivity index (χ2n) is 7.13. The molecule has 1 saturated carbocycles. The number of benzene rings is 2. The van der Waals surface area contributed by atoms with Gasteiger partial charge in [-0.15, -0.1) is 0 Å². The average molecular weight is 390 g/mol. The van der Waals surface area contributed by atoms with Crippen molar-refractivity contribution in [2.45, 2.75) is 31.4 Å². The molecule has 136 valence electrons. The maximum absolute atomic E-state index is 12.7. The van der Waals surface area contributed by atoms with E-state index in [-0.39, 0.29) is 24.7 Å². The lowest BCUT2D eigenvalue weighted by molar-refractivity contribution is -0.160. The monoisotopic (exact) mass is 389 g/mol. The van der Waals surface area contributed by atoms with Gasteiger partial charge >= 0.3 is 0 Å². The fourth-order valence-corrected chi connectivity index (χ4v) is 4.12. The normalized spacial score (nSPS) is 23.8. The second-order valence-corrected chi connectivity index (χ2v) is 8.00. The molecule has 2 atom stereocenters. The van der Waals surface area contributed by atoms with Crippen LogP contribution in [0.15, 0.2) is 48.5 Å². The fourth-order valence-electron chi connectivity index (χ4n) is 3.80. The molecule has 0 N–H and O–H groups in total. The molecule has 1 saturated heterocycles. The van der Waals surface area contributed by atoms with Crippen LogP contribution in [0.1, 0.15) is 42.5 Å². The first-order valence-electron chi connectivity index (χ1n) is 9.04. The molecule has 1 aliphatic heterocycles. The van der Waals surface area contributed by atoms with Crippen LogP contribution in [0, 0.1) is 5.92 Å². The highest BCUT2D eigenvalue weighted by atomic mass is 35.5. The SMILES string of the molecule is O=C1CO[C@H](c2cccc(Cl)c2)[C@H](c2ccc(Cl)cc2)N1CC1CCC1. The van der Waals surface area contributed by atoms with E-state index >= 15 is 0 Å². The van der Waals surface area contributed by atoms with Crippen LogP contribution in [0.3, 0.4) is 0 Å². The van der Waals surface area contributed by atoms with Crippen LogP contribution in [0.5, 0.6) is 0 Å². The van der Waals surface area contributed by atoms with E-state index in [2.05, 4.69) is 0 Å². The first-order chi connectivity index (χ1) is 12.6. The van der Waals surface area contributed by atoms with Crippen LogP contribution >= 0.6 is 23.2 Å². The summed E-state index contributed by atoms with van der Waals surface area (Å²) in [5.74, 6) is 0.641. The number of carbonyl (C=O) groups is 1. The summed E-state index contributed by atoms with van der Waals surface area (Å²) in [7, 11) is 0. The molecule has 0 unspecified atom stereocenters. The third-order valence-electron chi connectivity index (χ3n) is 5.40. The number of ether oxygens (including phenoxy) is 1. The van der Waals surface area contributed by atoms with Crippen molar-refractivity contribution in [2.75, 3.05) is 13.2 Å². The van der Waals surface area contributed by atoms with Crippen LogP contribution in [0.2, 0.25) is 10.0 Å². The van der Waals surface area contributed by atoms with Gasteiger partial charge in [-0.25, -0.2) is 0 Å². The Balaban J connectivity index is 1.73. The van der Waals surface area contributed by atoms with Crippen molar-refractivity contribution in [3.8, 4) is 0 Å². The van der Waals surface area contributed by atoms with Gasteiger partial charge in [-0.1, -0.05) is 53.9 Å². The van der Waals surface area contributed by atoms with Crippen LogP contribution in [-0.2, 0) is 9.53 Å². The minimum absolute atomic E-state index is 0.0510. The number of nitrogens with zero attached hydrogens (tertiary/aromatic N) is 1. The zero-order valence-electron chi connectivity index (χ0n) is 14.4. The number of morpholine rings is 1. The van der Waals surface area contributed by atoms with Gasteiger partial charge in [0.25, 0.3) is 0 Å². The largest absolute Gasteiger partial charge is 0.361 e. The molecular weight excluding hydrogens is 369 g/mol. The van der Waals surface area contributed by atoms with Gasteiger partial charge in [0.2, 0.25) is 5.91 Å². The molecule has 26 heavy (non-hydrogen) atoms. The predicted molar refractivity (Wildman–Crippen MR) is 103 cm³/mol. The fraction of sp³-hybridized carbons (Fsp3) is 0.381. The van der Waals surface area contributed by atoms with Crippen LogP contribution < -0.4 is 0 Å². The van der Waals surface area contributed by atoms with Crippen molar-refractivity contribution in [1.29, 1.82) is 0 Å². The van der Waals surface area contributed by atoms with Gasteiger partial charge in [0, 0.05) is 16.6 Å². The Hall–Kier alpha value is -1.55. The Morgan fingerprint density at radius 3 is 2.42 bits per heavy atom. The molecule has 0 bridgehead atoms. The minimum atomic E-state index is -0.243. The van der Waals surface area contributed by atoms with Crippen molar-refractivity contribution in [3.05, 3.63) is 69.7 Å². The van der Waals surface area contributed by atoms with Crippen molar-refractivity contribution in [3.63, 3.8) is 0 Å². The molecule has 1 aliphatic carbocycles. The van der Waals surface area contributed by atoms with Gasteiger partial charge in [0.1, 0.15) is 12.7 Å². The van der Waals surface area contributed by atoms with E-state index in [0.717, 1.165) is 17.7 Å². The lowest BCUT2D eigenvalue weighted by Crippen LogP contribution is -2.48. The van der Waals surface area contributed by atoms with E-state index in [0.29, 0.717) is 16.0 Å². The minimum Gasteiger partial charge on any atom is -0.361 e. The molecule has 1 amide bonds. The Labute approximate surface area is 163 Å². The third-order valence-corrected chi connectivity index (χ3v) is 5.88. The Bertz CT molecular complexity index is 789. The summed E-state index contributed by atoms with van der Waals surface area (Å²) in [6.45, 7) is 0.889. The molecule has 2 aromatic rings. The third kappa shape index (κ3) is 3.62. The molecule has 3 nitrogen and oxygen atoms in total. The first-order valence-corrected chi connectivity index (χ1v) is 9.79. The number of carbonyl (C=O) groups excluding carboxylic acids is 1. The topological polar surface area (TPSA) is 29.5 Å². The number of hydrogen-bond donors (Lipinski definition) is 0. The van der Waals surface area contributed by atoms with Crippen LogP contribution in [0.25, 0.3) is 0 Å². The average Bonchev–Trinajstić information content (AvgIpc) is 2.59. The number of halogens is 2. The van der Waals surface area contributed by atoms with Gasteiger partial charge in [-0.2, -0.15) is 0 Å². The Morgan fingerprint density at radius 2 is 1.77 bits per heavy atom. The van der Waals surface area contributed by atoms with Gasteiger partial charge in [-0.05, 0) is 54.2 Å². The molecule has 0 radical (unpaired) electrons. The maximum atomic E-state index is 12.7. The van der Waals surface area contributed by atoms with E-state index in [9.17, 15) is 4.79 Å². The highest BCUT2D eigenvalue weighted by Crippen LogP contribution is 2.42. The highest BCUT2D eigenvalue weighted by Gasteiger charge is 2.40. The smallest absolute Gasteiger partial charge is 0.249 e. The Kier molecular flexibility index (Phi) is 5.21. The number of hydrogen-bond acceptors (Lipinski definition) is 2. The molecule has 4 rings (SSSR count). The quantitative estimate of drug-likeness (QED) is 0.696. The van der Waals surface area contributed by atoms with Gasteiger partial charge < -0.3 is 9.64 Å². The van der Waals surface area contributed by atoms with Crippen molar-refractivity contribution < 1.29 is 9.53 Å². The van der Waals surface area contributed by atoms with Gasteiger partial charge in [0.05, 0.1) is 6.04 Å². The zero-order chi connectivity index (χ0) is 18.1. The standard InChI is InChI=1S/C21H21Cl2NO2/c22-17-9-7-15(8-10-17)20-21(16-5-2-6-18(23)11-16)26-13-19(25)24(20)12-14-3-1-4-14/h2,5-11,14,20-21H,1,3-4,12-13H2/t20-,21+/m0/s1. The van der Waals surface area contributed by atoms with Gasteiger partial charge in [0.15, 0.2) is 0 Å². The van der Waals surface area contributed by atoms with E-state index < -0.39 is 0 Å². The van der Waals surface area contributed by atoms with Crippen molar-refractivity contribution >= 4 is 29.1 Å². The lowest BCUT2D eigenvalue weighted by Gasteiger charge is -2.44. The summed E-state index contributed by atoms with van der Waals surface area (Å²) in [5.41, 5.74) is 2.02.